The summed E-state index contributed by atoms with van der Waals surface area (Å²) >= 11 is 0. The van der Waals surface area contributed by atoms with Gasteiger partial charge >= 0.3 is 0 Å². The quantitative estimate of drug-likeness (QED) is 0.708. The molecule has 0 unspecified atom stereocenters. The van der Waals surface area contributed by atoms with Crippen LogP contribution in [-0.2, 0) is 9.59 Å². The Hall–Kier alpha value is -2.37. The number of hydrogen-bond acceptors (Lipinski definition) is 3. The minimum atomic E-state index is -0.326. The monoisotopic (exact) mass is 385 g/mol. The normalized spacial score (nSPS) is 20.0. The third-order valence-corrected chi connectivity index (χ3v) is 5.77. The summed E-state index contributed by atoms with van der Waals surface area (Å²) in [5.41, 5.74) is 0.634. The maximum Gasteiger partial charge on any atom is 0.251 e. The highest BCUT2D eigenvalue weighted by atomic mass is 16.2. The molecule has 2 fully saturated rings. The van der Waals surface area contributed by atoms with Crippen molar-refractivity contribution in [2.24, 2.45) is 5.92 Å². The molecule has 2 N–H and O–H groups in total. The average molecular weight is 386 g/mol. The van der Waals surface area contributed by atoms with Crippen LogP contribution in [0.2, 0.25) is 0 Å². The minimum absolute atomic E-state index is 0.0592. The maximum atomic E-state index is 12.8. The summed E-state index contributed by atoms with van der Waals surface area (Å²) in [6, 6.07) is 8.75. The Morgan fingerprint density at radius 2 is 1.61 bits per heavy atom. The van der Waals surface area contributed by atoms with Crippen LogP contribution >= 0.6 is 0 Å². The van der Waals surface area contributed by atoms with Gasteiger partial charge in [0, 0.05) is 31.1 Å². The average Bonchev–Trinajstić information content (AvgIpc) is 3.24. The summed E-state index contributed by atoms with van der Waals surface area (Å²) in [7, 11) is 0. The van der Waals surface area contributed by atoms with Gasteiger partial charge in [-0.05, 0) is 44.2 Å². The molecule has 1 aliphatic carbocycles. The topological polar surface area (TPSA) is 78.5 Å². The number of nitrogens with zero attached hydrogens (tertiary/aromatic N) is 1. The predicted molar refractivity (Wildman–Crippen MR) is 108 cm³/mol. The summed E-state index contributed by atoms with van der Waals surface area (Å²) in [5.74, 6) is 0.117. The zero-order valence-corrected chi connectivity index (χ0v) is 16.5. The number of amides is 3. The van der Waals surface area contributed by atoms with E-state index in [1.54, 1.807) is 12.1 Å². The lowest BCUT2D eigenvalue weighted by atomic mass is 9.88. The largest absolute Gasteiger partial charge is 0.354 e. The summed E-state index contributed by atoms with van der Waals surface area (Å²) in [4.78, 5) is 39.2. The van der Waals surface area contributed by atoms with Gasteiger partial charge in [0.05, 0.1) is 0 Å². The van der Waals surface area contributed by atoms with Gasteiger partial charge in [0.2, 0.25) is 11.8 Å². The van der Waals surface area contributed by atoms with Gasteiger partial charge in [-0.25, -0.2) is 0 Å². The molecule has 1 aromatic carbocycles. The summed E-state index contributed by atoms with van der Waals surface area (Å²) < 4.78 is 0. The molecule has 28 heavy (non-hydrogen) atoms. The first kappa shape index (κ1) is 20.4. The highest BCUT2D eigenvalue weighted by molar-refractivity contribution is 5.94. The van der Waals surface area contributed by atoms with Crippen LogP contribution in [0.15, 0.2) is 30.3 Å². The van der Waals surface area contributed by atoms with Gasteiger partial charge in [0.25, 0.3) is 5.91 Å². The molecular weight excluding hydrogens is 354 g/mol. The van der Waals surface area contributed by atoms with Crippen LogP contribution in [-0.4, -0.2) is 48.3 Å². The van der Waals surface area contributed by atoms with E-state index in [4.69, 9.17) is 0 Å². The van der Waals surface area contributed by atoms with Gasteiger partial charge < -0.3 is 15.5 Å². The van der Waals surface area contributed by atoms with Gasteiger partial charge in [-0.2, -0.15) is 0 Å². The summed E-state index contributed by atoms with van der Waals surface area (Å²) in [6.45, 7) is 1.69. The second-order valence-electron chi connectivity index (χ2n) is 7.79. The number of carbonyl (C=O) groups is 3. The lowest BCUT2D eigenvalue weighted by Gasteiger charge is -2.30. The van der Waals surface area contributed by atoms with Crippen molar-refractivity contribution in [2.75, 3.05) is 19.6 Å². The van der Waals surface area contributed by atoms with Crippen molar-refractivity contribution < 1.29 is 14.4 Å². The molecule has 3 rings (SSSR count). The van der Waals surface area contributed by atoms with Gasteiger partial charge in [0.15, 0.2) is 0 Å². The van der Waals surface area contributed by atoms with Crippen LogP contribution in [0.5, 0.6) is 0 Å². The third kappa shape index (κ3) is 5.33. The van der Waals surface area contributed by atoms with Crippen molar-refractivity contribution in [3.8, 4) is 0 Å². The molecular formula is C22H31N3O3. The Balaban J connectivity index is 1.38. The molecule has 152 valence electrons. The number of likely N-dealkylation sites (tertiary alicyclic amines) is 1. The van der Waals surface area contributed by atoms with E-state index in [0.717, 1.165) is 38.5 Å². The fourth-order valence-corrected chi connectivity index (χ4v) is 4.20. The van der Waals surface area contributed by atoms with E-state index in [9.17, 15) is 14.4 Å². The van der Waals surface area contributed by atoms with Crippen LogP contribution in [0.3, 0.4) is 0 Å². The number of carbonyl (C=O) groups excluding carboxylic acids is 3. The fourth-order valence-electron chi connectivity index (χ4n) is 4.20. The first-order chi connectivity index (χ1) is 13.7. The van der Waals surface area contributed by atoms with Crippen LogP contribution in [0.25, 0.3) is 0 Å². The Morgan fingerprint density at radius 1 is 0.893 bits per heavy atom. The molecule has 1 saturated heterocycles. The SMILES string of the molecule is O=C(NCCCNC(=O)[C@@H]1CCCN1C(=O)C1CCCCC1)c1ccccc1. The first-order valence-corrected chi connectivity index (χ1v) is 10.6. The van der Waals surface area contributed by atoms with Crippen molar-refractivity contribution in [3.63, 3.8) is 0 Å². The van der Waals surface area contributed by atoms with Crippen LogP contribution < -0.4 is 10.6 Å². The standard InChI is InChI=1S/C22H31N3O3/c26-20(17-9-3-1-4-10-17)23-14-8-15-24-21(27)19-13-7-16-25(19)22(28)18-11-5-2-6-12-18/h1,3-4,9-10,18-19H,2,5-8,11-16H2,(H,23,26)(H,24,27)/t19-/m0/s1. The zero-order valence-electron chi connectivity index (χ0n) is 16.5. The molecule has 2 aliphatic rings. The zero-order chi connectivity index (χ0) is 19.8. The smallest absolute Gasteiger partial charge is 0.251 e. The fraction of sp³-hybridized carbons (Fsp3) is 0.591. The molecule has 6 heteroatoms. The molecule has 0 aromatic heterocycles. The molecule has 1 atom stereocenters. The molecule has 1 aromatic rings. The van der Waals surface area contributed by atoms with Gasteiger partial charge in [-0.1, -0.05) is 37.5 Å². The Morgan fingerprint density at radius 3 is 2.36 bits per heavy atom. The lowest BCUT2D eigenvalue weighted by molar-refractivity contribution is -0.142. The van der Waals surface area contributed by atoms with Crippen molar-refractivity contribution >= 4 is 17.7 Å². The lowest BCUT2D eigenvalue weighted by Crippen LogP contribution is -2.48. The number of hydrogen-bond donors (Lipinski definition) is 2. The Bertz CT molecular complexity index is 671. The van der Waals surface area contributed by atoms with E-state index < -0.39 is 0 Å². The predicted octanol–water partition coefficient (Wildman–Crippen LogP) is 2.49. The van der Waals surface area contributed by atoms with E-state index >= 15 is 0 Å². The number of nitrogens with one attached hydrogen (secondary N) is 2. The molecule has 0 bridgehead atoms. The van der Waals surface area contributed by atoms with Crippen LogP contribution in [0.1, 0.15) is 61.7 Å². The molecule has 1 heterocycles. The molecule has 1 aliphatic heterocycles. The molecule has 0 radical (unpaired) electrons. The molecule has 6 nitrogen and oxygen atoms in total. The Kier molecular flexibility index (Phi) is 7.46. The van der Waals surface area contributed by atoms with Gasteiger partial charge in [-0.15, -0.1) is 0 Å². The molecule has 1 saturated carbocycles. The summed E-state index contributed by atoms with van der Waals surface area (Å²) in [6.07, 6.45) is 7.68. The number of rotatable bonds is 7. The second-order valence-corrected chi connectivity index (χ2v) is 7.79. The van der Waals surface area contributed by atoms with Gasteiger partial charge in [-0.3, -0.25) is 14.4 Å². The van der Waals surface area contributed by atoms with Crippen molar-refractivity contribution in [1.29, 1.82) is 0 Å². The van der Waals surface area contributed by atoms with Crippen molar-refractivity contribution in [2.45, 2.75) is 57.4 Å². The van der Waals surface area contributed by atoms with E-state index in [0.29, 0.717) is 31.6 Å². The van der Waals surface area contributed by atoms with Gasteiger partial charge in [0.1, 0.15) is 6.04 Å². The van der Waals surface area contributed by atoms with E-state index in [-0.39, 0.29) is 29.7 Å². The van der Waals surface area contributed by atoms with Crippen molar-refractivity contribution in [1.82, 2.24) is 15.5 Å². The third-order valence-electron chi connectivity index (χ3n) is 5.77. The summed E-state index contributed by atoms with van der Waals surface area (Å²) in [5, 5.41) is 5.80. The molecule has 3 amide bonds. The van der Waals surface area contributed by atoms with E-state index in [2.05, 4.69) is 10.6 Å². The highest BCUT2D eigenvalue weighted by Crippen LogP contribution is 2.28. The minimum Gasteiger partial charge on any atom is -0.354 e. The van der Waals surface area contributed by atoms with Crippen molar-refractivity contribution in [3.05, 3.63) is 35.9 Å². The van der Waals surface area contributed by atoms with Crippen LogP contribution in [0, 0.1) is 5.92 Å². The first-order valence-electron chi connectivity index (χ1n) is 10.6. The second kappa shape index (κ2) is 10.2. The van der Waals surface area contributed by atoms with E-state index in [1.807, 2.05) is 23.1 Å². The Labute approximate surface area is 167 Å². The van der Waals surface area contributed by atoms with E-state index in [1.165, 1.54) is 6.42 Å². The molecule has 0 spiro atoms. The highest BCUT2D eigenvalue weighted by Gasteiger charge is 2.37. The maximum absolute atomic E-state index is 12.8. The number of benzene rings is 1. The van der Waals surface area contributed by atoms with Crippen LogP contribution in [0.4, 0.5) is 0 Å².